The van der Waals surface area contributed by atoms with Crippen LogP contribution in [0.5, 0.6) is 0 Å². The molecule has 0 bridgehead atoms. The van der Waals surface area contributed by atoms with Crippen molar-refractivity contribution in [3.63, 3.8) is 0 Å². The Hall–Kier alpha value is -3.52. The number of anilines is 2. The second kappa shape index (κ2) is 10.2. The monoisotopic (exact) mass is 446 g/mol. The molecule has 0 spiro atoms. The smallest absolute Gasteiger partial charge is 0.221 e. The molecule has 4 aromatic rings. The molecule has 0 saturated carbocycles. The number of para-hydroxylation sites is 1. The molecule has 0 aliphatic heterocycles. The summed E-state index contributed by atoms with van der Waals surface area (Å²) in [6.45, 7) is 6.29. The first kappa shape index (κ1) is 23.1. The predicted molar refractivity (Wildman–Crippen MR) is 133 cm³/mol. The largest absolute Gasteiger partial charge is 0.369 e. The van der Waals surface area contributed by atoms with E-state index in [0.717, 1.165) is 39.2 Å². The van der Waals surface area contributed by atoms with E-state index in [0.29, 0.717) is 12.2 Å². The van der Waals surface area contributed by atoms with Crippen molar-refractivity contribution in [3.8, 4) is 11.3 Å². The number of pyridine rings is 2. The molecule has 3 aromatic heterocycles. The standard InChI is InChI=1S/C24H24N6O.H2S/c1-15(21-6-4-5-18-9-20(30-17(3)31)13-27-24(18)21)11-26-23-10-22(28-14-29-23)19-8-7-16(2)25-12-19;/h4-10,12-15H,11H2,1-3H3,(H,30,31)(H,26,28,29);1H2/t15-;/m1./s1. The fraction of sp³-hybridized carbons (Fsp3) is 0.208. The molecule has 164 valence electrons. The first-order valence-electron chi connectivity index (χ1n) is 10.1. The van der Waals surface area contributed by atoms with Crippen LogP contribution in [-0.4, -0.2) is 32.4 Å². The fourth-order valence-electron chi connectivity index (χ4n) is 3.45. The van der Waals surface area contributed by atoms with Crippen LogP contribution in [0.1, 0.15) is 31.0 Å². The van der Waals surface area contributed by atoms with E-state index in [9.17, 15) is 4.79 Å². The van der Waals surface area contributed by atoms with E-state index in [1.165, 1.54) is 6.92 Å². The van der Waals surface area contributed by atoms with Gasteiger partial charge in [0.25, 0.3) is 0 Å². The third kappa shape index (κ3) is 5.39. The number of hydrogen-bond acceptors (Lipinski definition) is 6. The van der Waals surface area contributed by atoms with Crippen LogP contribution in [0.3, 0.4) is 0 Å². The highest BCUT2D eigenvalue weighted by atomic mass is 32.1. The minimum absolute atomic E-state index is 0. The van der Waals surface area contributed by atoms with Crippen LogP contribution in [0.15, 0.2) is 61.2 Å². The lowest BCUT2D eigenvalue weighted by Gasteiger charge is -2.16. The Morgan fingerprint density at radius 1 is 1.03 bits per heavy atom. The van der Waals surface area contributed by atoms with Crippen LogP contribution in [0.2, 0.25) is 0 Å². The minimum atomic E-state index is -0.111. The summed E-state index contributed by atoms with van der Waals surface area (Å²) in [6.07, 6.45) is 5.08. The Balaban J connectivity index is 0.00000289. The zero-order chi connectivity index (χ0) is 21.8. The van der Waals surface area contributed by atoms with E-state index in [4.69, 9.17) is 0 Å². The number of benzene rings is 1. The zero-order valence-corrected chi connectivity index (χ0v) is 19.3. The molecule has 1 amide bonds. The van der Waals surface area contributed by atoms with Gasteiger partial charge in [0.2, 0.25) is 5.91 Å². The third-order valence-electron chi connectivity index (χ3n) is 5.06. The number of nitrogens with zero attached hydrogens (tertiary/aromatic N) is 4. The molecular formula is C24H26N6OS. The third-order valence-corrected chi connectivity index (χ3v) is 5.06. The molecule has 0 unspecified atom stereocenters. The van der Waals surface area contributed by atoms with Crippen LogP contribution >= 0.6 is 13.5 Å². The summed E-state index contributed by atoms with van der Waals surface area (Å²) in [6, 6.07) is 14.0. The predicted octanol–water partition coefficient (Wildman–Crippen LogP) is 4.68. The van der Waals surface area contributed by atoms with Crippen LogP contribution < -0.4 is 10.6 Å². The highest BCUT2D eigenvalue weighted by Crippen LogP contribution is 2.26. The van der Waals surface area contributed by atoms with Gasteiger partial charge < -0.3 is 10.6 Å². The molecule has 4 rings (SSSR count). The van der Waals surface area contributed by atoms with E-state index in [1.807, 2.05) is 49.5 Å². The summed E-state index contributed by atoms with van der Waals surface area (Å²) in [4.78, 5) is 29.0. The summed E-state index contributed by atoms with van der Waals surface area (Å²) < 4.78 is 0. The van der Waals surface area contributed by atoms with Gasteiger partial charge in [-0.05, 0) is 30.7 Å². The van der Waals surface area contributed by atoms with Crippen molar-refractivity contribution in [3.05, 3.63) is 72.4 Å². The Labute approximate surface area is 194 Å². The molecule has 2 N–H and O–H groups in total. The van der Waals surface area contributed by atoms with Crippen molar-refractivity contribution in [1.82, 2.24) is 19.9 Å². The van der Waals surface area contributed by atoms with Gasteiger partial charge in [0.15, 0.2) is 0 Å². The number of amides is 1. The maximum absolute atomic E-state index is 11.3. The Morgan fingerprint density at radius 2 is 1.88 bits per heavy atom. The highest BCUT2D eigenvalue weighted by Gasteiger charge is 2.12. The first-order chi connectivity index (χ1) is 15.0. The van der Waals surface area contributed by atoms with Crippen LogP contribution in [0.25, 0.3) is 22.2 Å². The maximum atomic E-state index is 11.3. The fourth-order valence-corrected chi connectivity index (χ4v) is 3.45. The minimum Gasteiger partial charge on any atom is -0.369 e. The summed E-state index contributed by atoms with van der Waals surface area (Å²) in [7, 11) is 0. The van der Waals surface area contributed by atoms with Crippen LogP contribution in [-0.2, 0) is 4.79 Å². The van der Waals surface area contributed by atoms with Crippen molar-refractivity contribution in [1.29, 1.82) is 0 Å². The van der Waals surface area contributed by atoms with Gasteiger partial charge in [0.05, 0.1) is 23.1 Å². The van der Waals surface area contributed by atoms with Crippen molar-refractivity contribution >= 4 is 41.8 Å². The van der Waals surface area contributed by atoms with Gasteiger partial charge in [-0.15, -0.1) is 0 Å². The number of rotatable bonds is 6. The summed E-state index contributed by atoms with van der Waals surface area (Å²) in [5.41, 5.74) is 5.52. The second-order valence-corrected chi connectivity index (χ2v) is 7.58. The molecule has 3 heterocycles. The second-order valence-electron chi connectivity index (χ2n) is 7.58. The van der Waals surface area contributed by atoms with E-state index < -0.39 is 0 Å². The Morgan fingerprint density at radius 3 is 2.62 bits per heavy atom. The molecule has 1 aromatic carbocycles. The van der Waals surface area contributed by atoms with Gasteiger partial charge in [0, 0.05) is 48.3 Å². The summed E-state index contributed by atoms with van der Waals surface area (Å²) in [5, 5.41) is 7.18. The number of carbonyl (C=O) groups is 1. The Bertz CT molecular complexity index is 1230. The van der Waals surface area contributed by atoms with Gasteiger partial charge >= 0.3 is 0 Å². The number of aryl methyl sites for hydroxylation is 1. The first-order valence-corrected chi connectivity index (χ1v) is 10.1. The molecular weight excluding hydrogens is 420 g/mol. The van der Waals surface area contributed by atoms with Crippen molar-refractivity contribution in [2.75, 3.05) is 17.2 Å². The molecule has 7 nitrogen and oxygen atoms in total. The van der Waals surface area contributed by atoms with Crippen LogP contribution in [0, 0.1) is 6.92 Å². The van der Waals surface area contributed by atoms with Gasteiger partial charge in [-0.25, -0.2) is 9.97 Å². The van der Waals surface area contributed by atoms with E-state index >= 15 is 0 Å². The molecule has 8 heteroatoms. The summed E-state index contributed by atoms with van der Waals surface area (Å²) >= 11 is 0. The van der Waals surface area contributed by atoms with E-state index in [2.05, 4.69) is 43.6 Å². The van der Waals surface area contributed by atoms with Gasteiger partial charge in [-0.1, -0.05) is 25.1 Å². The van der Waals surface area contributed by atoms with Crippen LogP contribution in [0.4, 0.5) is 11.5 Å². The Kier molecular flexibility index (Phi) is 7.37. The topological polar surface area (TPSA) is 92.7 Å². The van der Waals surface area contributed by atoms with E-state index in [-0.39, 0.29) is 25.3 Å². The lowest BCUT2D eigenvalue weighted by atomic mass is 9.97. The molecule has 0 saturated heterocycles. The number of fused-ring (bicyclic) bond motifs is 1. The van der Waals surface area contributed by atoms with Crippen molar-refractivity contribution < 1.29 is 4.79 Å². The average molecular weight is 447 g/mol. The number of carbonyl (C=O) groups excluding carboxylic acids is 1. The molecule has 0 aliphatic rings. The number of hydrogen-bond donors (Lipinski definition) is 2. The lowest BCUT2D eigenvalue weighted by Crippen LogP contribution is -2.12. The molecule has 0 aliphatic carbocycles. The van der Waals surface area contributed by atoms with Gasteiger partial charge in [-0.2, -0.15) is 13.5 Å². The maximum Gasteiger partial charge on any atom is 0.221 e. The summed E-state index contributed by atoms with van der Waals surface area (Å²) in [5.74, 6) is 0.848. The molecule has 0 fully saturated rings. The van der Waals surface area contributed by atoms with E-state index in [1.54, 1.807) is 12.5 Å². The average Bonchev–Trinajstić information content (AvgIpc) is 2.77. The number of aromatic nitrogens is 4. The quantitative estimate of drug-likeness (QED) is 0.447. The zero-order valence-electron chi connectivity index (χ0n) is 18.3. The molecule has 1 atom stereocenters. The molecule has 32 heavy (non-hydrogen) atoms. The highest BCUT2D eigenvalue weighted by molar-refractivity contribution is 7.59. The normalized spacial score (nSPS) is 11.5. The van der Waals surface area contributed by atoms with Gasteiger partial charge in [-0.3, -0.25) is 14.8 Å². The van der Waals surface area contributed by atoms with Gasteiger partial charge in [0.1, 0.15) is 12.1 Å². The lowest BCUT2D eigenvalue weighted by molar-refractivity contribution is -0.114. The van der Waals surface area contributed by atoms with Crippen molar-refractivity contribution in [2.45, 2.75) is 26.7 Å². The van der Waals surface area contributed by atoms with Crippen molar-refractivity contribution in [2.24, 2.45) is 0 Å². The number of nitrogens with one attached hydrogen (secondary N) is 2. The SMILES string of the molecule is CC(=O)Nc1cnc2c([C@H](C)CNc3cc(-c4ccc(C)nc4)ncn3)cccc2c1.S. The molecule has 0 radical (unpaired) electrons.